The second-order valence-electron chi connectivity index (χ2n) is 4.38. The molecule has 0 saturated heterocycles. The van der Waals surface area contributed by atoms with Crippen LogP contribution in [-0.4, -0.2) is 40.0 Å². The Morgan fingerprint density at radius 1 is 1.53 bits per heavy atom. The second-order valence-corrected chi connectivity index (χ2v) is 4.78. The molecule has 0 spiro atoms. The van der Waals surface area contributed by atoms with Crippen molar-refractivity contribution in [3.63, 3.8) is 0 Å². The van der Waals surface area contributed by atoms with Crippen LogP contribution in [0.1, 0.15) is 23.2 Å². The number of aliphatic hydroxyl groups is 1. The summed E-state index contributed by atoms with van der Waals surface area (Å²) in [7, 11) is 0. The molecular weight excluding hydrogens is 272 g/mol. The van der Waals surface area contributed by atoms with Crippen molar-refractivity contribution in [1.29, 1.82) is 0 Å². The number of benzene rings is 1. The molecule has 0 unspecified atom stereocenters. The maximum Gasteiger partial charge on any atom is 0.287 e. The number of hydrogen-bond donors (Lipinski definition) is 1. The van der Waals surface area contributed by atoms with Gasteiger partial charge in [-0.3, -0.25) is 14.9 Å². The fraction of sp³-hybridized carbons (Fsp3) is 0.417. The number of halogens is 1. The lowest BCUT2D eigenvalue weighted by Gasteiger charge is -2.21. The van der Waals surface area contributed by atoms with Gasteiger partial charge < -0.3 is 10.0 Å². The van der Waals surface area contributed by atoms with Crippen molar-refractivity contribution in [2.24, 2.45) is 0 Å². The molecule has 1 aliphatic carbocycles. The van der Waals surface area contributed by atoms with Gasteiger partial charge >= 0.3 is 0 Å². The molecule has 1 aromatic rings. The predicted molar refractivity (Wildman–Crippen MR) is 69.3 cm³/mol. The van der Waals surface area contributed by atoms with E-state index in [2.05, 4.69) is 0 Å². The molecule has 0 aliphatic heterocycles. The number of amides is 1. The van der Waals surface area contributed by atoms with Crippen LogP contribution in [-0.2, 0) is 0 Å². The van der Waals surface area contributed by atoms with E-state index in [1.54, 1.807) is 4.90 Å². The molecule has 1 saturated carbocycles. The highest BCUT2D eigenvalue weighted by molar-refractivity contribution is 6.33. The van der Waals surface area contributed by atoms with E-state index in [0.717, 1.165) is 12.8 Å². The summed E-state index contributed by atoms with van der Waals surface area (Å²) < 4.78 is 0. The highest BCUT2D eigenvalue weighted by Gasteiger charge is 2.33. The SMILES string of the molecule is O=C(c1ccc([N+](=O)[O-])c(Cl)c1)N(CCO)C1CC1. The van der Waals surface area contributed by atoms with Gasteiger partial charge in [-0.25, -0.2) is 0 Å². The summed E-state index contributed by atoms with van der Waals surface area (Å²) in [6.07, 6.45) is 1.85. The van der Waals surface area contributed by atoms with Crippen LogP contribution in [0.2, 0.25) is 5.02 Å². The van der Waals surface area contributed by atoms with Crippen LogP contribution < -0.4 is 0 Å². The third-order valence-electron chi connectivity index (χ3n) is 2.98. The lowest BCUT2D eigenvalue weighted by atomic mass is 10.1. The number of hydrogen-bond acceptors (Lipinski definition) is 4. The number of rotatable bonds is 5. The maximum absolute atomic E-state index is 12.2. The minimum absolute atomic E-state index is 0.0596. The lowest BCUT2D eigenvalue weighted by Crippen LogP contribution is -2.35. The summed E-state index contributed by atoms with van der Waals surface area (Å²) in [6, 6.07) is 4.07. The van der Waals surface area contributed by atoms with Gasteiger partial charge in [0.1, 0.15) is 5.02 Å². The van der Waals surface area contributed by atoms with E-state index < -0.39 is 4.92 Å². The van der Waals surface area contributed by atoms with Crippen LogP contribution in [0.15, 0.2) is 18.2 Å². The van der Waals surface area contributed by atoms with Gasteiger partial charge in [0.05, 0.1) is 11.5 Å². The number of nitro groups is 1. The first-order chi connectivity index (χ1) is 9.04. The highest BCUT2D eigenvalue weighted by Crippen LogP contribution is 2.30. The van der Waals surface area contributed by atoms with Crippen LogP contribution >= 0.6 is 11.6 Å². The molecule has 1 aromatic carbocycles. The topological polar surface area (TPSA) is 83.7 Å². The van der Waals surface area contributed by atoms with E-state index in [4.69, 9.17) is 16.7 Å². The van der Waals surface area contributed by atoms with Gasteiger partial charge in [-0.2, -0.15) is 0 Å². The van der Waals surface area contributed by atoms with Crippen LogP contribution in [0.25, 0.3) is 0 Å². The minimum atomic E-state index is -0.594. The summed E-state index contributed by atoms with van der Waals surface area (Å²) in [5, 5.41) is 19.6. The Morgan fingerprint density at radius 2 is 2.21 bits per heavy atom. The van der Waals surface area contributed by atoms with Gasteiger partial charge in [-0.05, 0) is 25.0 Å². The molecular formula is C12H13ClN2O4. The largest absolute Gasteiger partial charge is 0.395 e. The molecule has 1 fully saturated rings. The standard InChI is InChI=1S/C12H13ClN2O4/c13-10-7-8(1-4-11(10)15(18)19)12(17)14(5-6-16)9-2-3-9/h1,4,7,9,16H,2-3,5-6H2. The summed E-state index contributed by atoms with van der Waals surface area (Å²) in [5.41, 5.74) is 0.0781. The van der Waals surface area contributed by atoms with Crippen molar-refractivity contribution in [3.05, 3.63) is 38.9 Å². The molecule has 0 atom stereocenters. The fourth-order valence-corrected chi connectivity index (χ4v) is 2.15. The number of nitro benzene ring substituents is 1. The zero-order valence-electron chi connectivity index (χ0n) is 10.1. The molecule has 0 aromatic heterocycles. The molecule has 0 heterocycles. The van der Waals surface area contributed by atoms with E-state index in [0.29, 0.717) is 5.56 Å². The molecule has 19 heavy (non-hydrogen) atoms. The third-order valence-corrected chi connectivity index (χ3v) is 3.28. The first kappa shape index (κ1) is 13.8. The Kier molecular flexibility index (Phi) is 4.01. The van der Waals surface area contributed by atoms with Gasteiger partial charge in [0, 0.05) is 24.2 Å². The summed E-state index contributed by atoms with van der Waals surface area (Å²) >= 11 is 5.78. The van der Waals surface area contributed by atoms with Crippen LogP contribution in [0.3, 0.4) is 0 Å². The van der Waals surface area contributed by atoms with E-state index in [1.807, 2.05) is 0 Å². The molecule has 1 aliphatic rings. The molecule has 1 amide bonds. The number of aliphatic hydroxyl groups excluding tert-OH is 1. The maximum atomic E-state index is 12.2. The first-order valence-corrected chi connectivity index (χ1v) is 6.28. The monoisotopic (exact) mass is 284 g/mol. The molecule has 0 radical (unpaired) electrons. The van der Waals surface area contributed by atoms with Gasteiger partial charge in [-0.1, -0.05) is 11.6 Å². The third kappa shape index (κ3) is 3.02. The van der Waals surface area contributed by atoms with Gasteiger partial charge in [-0.15, -0.1) is 0 Å². The fourth-order valence-electron chi connectivity index (χ4n) is 1.90. The number of carbonyl (C=O) groups is 1. The van der Waals surface area contributed by atoms with Crippen LogP contribution in [0.4, 0.5) is 5.69 Å². The minimum Gasteiger partial charge on any atom is -0.395 e. The quantitative estimate of drug-likeness (QED) is 0.660. The molecule has 6 nitrogen and oxygen atoms in total. The Morgan fingerprint density at radius 3 is 2.68 bits per heavy atom. The molecule has 102 valence electrons. The van der Waals surface area contributed by atoms with E-state index in [9.17, 15) is 14.9 Å². The normalized spacial score (nSPS) is 14.2. The average molecular weight is 285 g/mol. The zero-order valence-corrected chi connectivity index (χ0v) is 10.8. The van der Waals surface area contributed by atoms with E-state index >= 15 is 0 Å². The van der Waals surface area contributed by atoms with Gasteiger partial charge in [0.2, 0.25) is 0 Å². The van der Waals surface area contributed by atoms with Crippen molar-refractivity contribution in [2.75, 3.05) is 13.2 Å². The molecule has 0 bridgehead atoms. The van der Waals surface area contributed by atoms with Crippen molar-refractivity contribution < 1.29 is 14.8 Å². The van der Waals surface area contributed by atoms with Crippen molar-refractivity contribution >= 4 is 23.2 Å². The summed E-state index contributed by atoms with van der Waals surface area (Å²) in [4.78, 5) is 23.9. The van der Waals surface area contributed by atoms with Gasteiger partial charge in [0.25, 0.3) is 11.6 Å². The number of nitrogens with zero attached hydrogens (tertiary/aromatic N) is 2. The smallest absolute Gasteiger partial charge is 0.287 e. The summed E-state index contributed by atoms with van der Waals surface area (Å²) in [6.45, 7) is 0.154. The van der Waals surface area contributed by atoms with Crippen LogP contribution in [0, 0.1) is 10.1 Å². The van der Waals surface area contributed by atoms with Crippen molar-refractivity contribution in [1.82, 2.24) is 4.90 Å². The Bertz CT molecular complexity index is 516. The Labute approximate surface area is 114 Å². The Balaban J connectivity index is 2.23. The second kappa shape index (κ2) is 5.54. The first-order valence-electron chi connectivity index (χ1n) is 5.90. The average Bonchev–Trinajstić information content (AvgIpc) is 3.18. The highest BCUT2D eigenvalue weighted by atomic mass is 35.5. The van der Waals surface area contributed by atoms with Crippen LogP contribution in [0.5, 0.6) is 0 Å². The van der Waals surface area contributed by atoms with Crippen molar-refractivity contribution in [3.8, 4) is 0 Å². The van der Waals surface area contributed by atoms with E-state index in [-0.39, 0.29) is 35.8 Å². The summed E-state index contributed by atoms with van der Waals surface area (Å²) in [5.74, 6) is -0.256. The predicted octanol–water partition coefficient (Wildman–Crippen LogP) is 1.85. The molecule has 7 heteroatoms. The lowest BCUT2D eigenvalue weighted by molar-refractivity contribution is -0.384. The van der Waals surface area contributed by atoms with E-state index in [1.165, 1.54) is 18.2 Å². The number of carbonyl (C=O) groups excluding carboxylic acids is 1. The molecule has 1 N–H and O–H groups in total. The Hall–Kier alpha value is -1.66. The zero-order chi connectivity index (χ0) is 14.0. The molecule has 2 rings (SSSR count). The van der Waals surface area contributed by atoms with Crippen molar-refractivity contribution in [2.45, 2.75) is 18.9 Å². The van der Waals surface area contributed by atoms with Gasteiger partial charge in [0.15, 0.2) is 0 Å².